The predicted octanol–water partition coefficient (Wildman–Crippen LogP) is 6.32. The Balaban J connectivity index is 2.04. The Bertz CT molecular complexity index is 779. The van der Waals surface area contributed by atoms with E-state index in [9.17, 15) is 4.79 Å². The van der Waals surface area contributed by atoms with Crippen LogP contribution in [0.15, 0.2) is 81.1 Å². The van der Waals surface area contributed by atoms with Crippen LogP contribution in [0.4, 0.5) is 0 Å². The fraction of sp³-hybridized carbons (Fsp3) is 0.105. The molecule has 3 rings (SSSR count). The van der Waals surface area contributed by atoms with E-state index in [1.54, 1.807) is 12.1 Å². The summed E-state index contributed by atoms with van der Waals surface area (Å²) in [4.78, 5) is 14.9. The number of rotatable bonds is 5. The van der Waals surface area contributed by atoms with E-state index in [-0.39, 0.29) is 5.78 Å². The van der Waals surface area contributed by atoms with Crippen LogP contribution in [0.5, 0.6) is 0 Å². The number of ketones is 1. The summed E-state index contributed by atoms with van der Waals surface area (Å²) in [6.07, 6.45) is 3.64. The van der Waals surface area contributed by atoms with E-state index in [4.69, 9.17) is 27.6 Å². The SMILES string of the molecule is CS(CC(=O)c1ccco1)(c1ccc(Cl)cc1)c1ccc(Cl)cc1. The molecule has 0 saturated carbocycles. The Morgan fingerprint density at radius 3 is 1.83 bits per heavy atom. The lowest BCUT2D eigenvalue weighted by Gasteiger charge is -2.36. The van der Waals surface area contributed by atoms with Crippen molar-refractivity contribution in [1.29, 1.82) is 0 Å². The second kappa shape index (κ2) is 7.06. The zero-order valence-corrected chi connectivity index (χ0v) is 15.4. The van der Waals surface area contributed by atoms with Gasteiger partial charge in [-0.1, -0.05) is 23.2 Å². The highest BCUT2D eigenvalue weighted by atomic mass is 35.5. The minimum absolute atomic E-state index is 0.0117. The predicted molar refractivity (Wildman–Crippen MR) is 101 cm³/mol. The fourth-order valence-electron chi connectivity index (χ4n) is 2.54. The maximum Gasteiger partial charge on any atom is 0.206 e. The number of benzene rings is 2. The van der Waals surface area contributed by atoms with Crippen molar-refractivity contribution in [1.82, 2.24) is 0 Å². The lowest BCUT2D eigenvalue weighted by Crippen LogP contribution is -2.14. The molecule has 0 bridgehead atoms. The Hall–Kier alpha value is -1.68. The zero-order chi connectivity index (χ0) is 17.2. The second-order valence-corrected chi connectivity index (χ2v) is 9.82. The summed E-state index contributed by atoms with van der Waals surface area (Å²) in [7, 11) is -1.58. The molecule has 5 heteroatoms. The van der Waals surface area contributed by atoms with Gasteiger partial charge in [-0.2, -0.15) is 10.0 Å². The third-order valence-electron chi connectivity index (χ3n) is 3.88. The smallest absolute Gasteiger partial charge is 0.206 e. The van der Waals surface area contributed by atoms with Gasteiger partial charge in [-0.05, 0) is 76.7 Å². The van der Waals surface area contributed by atoms with Crippen molar-refractivity contribution in [2.45, 2.75) is 9.79 Å². The molecule has 1 aromatic heterocycles. The topological polar surface area (TPSA) is 30.2 Å². The quantitative estimate of drug-likeness (QED) is 0.486. The molecule has 0 fully saturated rings. The lowest BCUT2D eigenvalue weighted by molar-refractivity contribution is 0.0991. The maximum atomic E-state index is 12.7. The summed E-state index contributed by atoms with van der Waals surface area (Å²) >= 11 is 12.1. The Kier molecular flexibility index (Phi) is 5.04. The van der Waals surface area contributed by atoms with Crippen molar-refractivity contribution in [3.05, 3.63) is 82.7 Å². The summed E-state index contributed by atoms with van der Waals surface area (Å²) in [6.45, 7) is 0. The molecule has 0 spiro atoms. The van der Waals surface area contributed by atoms with Crippen LogP contribution in [0.3, 0.4) is 0 Å². The molecule has 0 atom stereocenters. The van der Waals surface area contributed by atoms with E-state index in [1.165, 1.54) is 6.26 Å². The van der Waals surface area contributed by atoms with E-state index in [0.29, 0.717) is 21.6 Å². The van der Waals surface area contributed by atoms with Crippen LogP contribution in [-0.2, 0) is 0 Å². The molecule has 2 nitrogen and oxygen atoms in total. The van der Waals surface area contributed by atoms with E-state index >= 15 is 0 Å². The first-order valence-corrected chi connectivity index (χ1v) is 10.3. The molecule has 0 saturated heterocycles. The van der Waals surface area contributed by atoms with Crippen LogP contribution < -0.4 is 0 Å². The van der Waals surface area contributed by atoms with Gasteiger partial charge in [0.15, 0.2) is 5.76 Å². The molecule has 124 valence electrons. The third kappa shape index (κ3) is 3.54. The van der Waals surface area contributed by atoms with Crippen molar-refractivity contribution in [2.24, 2.45) is 0 Å². The summed E-state index contributed by atoms with van der Waals surface area (Å²) in [5, 5.41) is 1.35. The Morgan fingerprint density at radius 2 is 1.42 bits per heavy atom. The van der Waals surface area contributed by atoms with Gasteiger partial charge in [0.1, 0.15) is 0 Å². The summed E-state index contributed by atoms with van der Waals surface area (Å²) < 4.78 is 5.27. The van der Waals surface area contributed by atoms with Crippen molar-refractivity contribution < 1.29 is 9.21 Å². The highest BCUT2D eigenvalue weighted by Gasteiger charge is 2.28. The molecule has 0 radical (unpaired) electrons. The number of furan rings is 1. The first kappa shape index (κ1) is 17.2. The molecule has 0 aliphatic rings. The lowest BCUT2D eigenvalue weighted by atomic mass is 10.3. The Morgan fingerprint density at radius 1 is 0.917 bits per heavy atom. The molecule has 0 unspecified atom stereocenters. The fourth-order valence-corrected chi connectivity index (χ4v) is 5.54. The number of hydrogen-bond acceptors (Lipinski definition) is 2. The molecule has 0 N–H and O–H groups in total. The van der Waals surface area contributed by atoms with Crippen molar-refractivity contribution >= 4 is 39.0 Å². The van der Waals surface area contributed by atoms with Gasteiger partial charge in [0.05, 0.1) is 12.0 Å². The van der Waals surface area contributed by atoms with E-state index in [0.717, 1.165) is 9.79 Å². The van der Waals surface area contributed by atoms with Gasteiger partial charge >= 0.3 is 0 Å². The number of hydrogen-bond donors (Lipinski definition) is 0. The molecular formula is C19H16Cl2O2S. The summed E-state index contributed by atoms with van der Waals surface area (Å²) in [6, 6.07) is 18.8. The maximum absolute atomic E-state index is 12.7. The van der Waals surface area contributed by atoms with E-state index in [2.05, 4.69) is 6.26 Å². The van der Waals surface area contributed by atoms with Gasteiger partial charge < -0.3 is 4.42 Å². The number of Topliss-reactive ketones (excluding diaryl/α,β-unsaturated/α-hetero) is 1. The largest absolute Gasteiger partial charge is 0.461 e. The number of carbonyl (C=O) groups excluding carboxylic acids is 1. The monoisotopic (exact) mass is 378 g/mol. The normalized spacial score (nSPS) is 12.1. The van der Waals surface area contributed by atoms with Crippen LogP contribution in [-0.4, -0.2) is 17.8 Å². The molecule has 0 amide bonds. The highest BCUT2D eigenvalue weighted by Crippen LogP contribution is 2.59. The zero-order valence-electron chi connectivity index (χ0n) is 13.0. The summed E-state index contributed by atoms with van der Waals surface area (Å²) in [5.74, 6) is 0.739. The molecule has 3 aromatic rings. The van der Waals surface area contributed by atoms with Gasteiger partial charge in [-0.3, -0.25) is 4.79 Å². The van der Waals surface area contributed by atoms with Gasteiger partial charge in [0.25, 0.3) is 0 Å². The van der Waals surface area contributed by atoms with Gasteiger partial charge in [-0.25, -0.2) is 0 Å². The van der Waals surface area contributed by atoms with E-state index < -0.39 is 10.0 Å². The average molecular weight is 379 g/mol. The highest BCUT2D eigenvalue weighted by molar-refractivity contribution is 8.33. The van der Waals surface area contributed by atoms with Crippen LogP contribution >= 0.6 is 33.2 Å². The molecular weight excluding hydrogens is 363 g/mol. The average Bonchev–Trinajstić information content (AvgIpc) is 3.10. The summed E-state index contributed by atoms with van der Waals surface area (Å²) in [5.41, 5.74) is 0. The molecule has 1 heterocycles. The third-order valence-corrected chi connectivity index (χ3v) is 7.85. The molecule has 2 aromatic carbocycles. The van der Waals surface area contributed by atoms with Crippen molar-refractivity contribution in [3.8, 4) is 0 Å². The minimum atomic E-state index is -1.58. The number of carbonyl (C=O) groups is 1. The first-order valence-electron chi connectivity index (χ1n) is 7.33. The van der Waals surface area contributed by atoms with Gasteiger partial charge in [-0.15, -0.1) is 0 Å². The van der Waals surface area contributed by atoms with Crippen LogP contribution in [0, 0.1) is 0 Å². The van der Waals surface area contributed by atoms with E-state index in [1.807, 2.05) is 48.5 Å². The molecule has 24 heavy (non-hydrogen) atoms. The van der Waals surface area contributed by atoms with Gasteiger partial charge in [0, 0.05) is 10.0 Å². The Labute approximate surface area is 152 Å². The standard InChI is InChI=1S/C19H16Cl2O2S/c1-24(16-8-4-14(20)5-9-16,17-10-6-15(21)7-11-17)13-18(22)19-3-2-12-23-19/h2-12H,13H2,1H3. The van der Waals surface area contributed by atoms with Crippen LogP contribution in [0.2, 0.25) is 10.0 Å². The molecule has 0 aliphatic carbocycles. The first-order chi connectivity index (χ1) is 11.5. The van der Waals surface area contributed by atoms with Crippen LogP contribution in [0.1, 0.15) is 10.6 Å². The second-order valence-electron chi connectivity index (χ2n) is 5.54. The molecule has 0 aliphatic heterocycles. The van der Waals surface area contributed by atoms with Gasteiger partial charge in [0.2, 0.25) is 5.78 Å². The number of halogens is 2. The van der Waals surface area contributed by atoms with Crippen molar-refractivity contribution in [2.75, 3.05) is 12.0 Å². The van der Waals surface area contributed by atoms with Crippen molar-refractivity contribution in [3.63, 3.8) is 0 Å². The van der Waals surface area contributed by atoms with Crippen LogP contribution in [0.25, 0.3) is 0 Å². The minimum Gasteiger partial charge on any atom is -0.461 e.